The number of likely N-dealkylation sites (tertiary alicyclic amines) is 1. The van der Waals surface area contributed by atoms with Crippen LogP contribution < -0.4 is 10.7 Å². The van der Waals surface area contributed by atoms with Crippen molar-refractivity contribution < 1.29 is 13.6 Å². The summed E-state index contributed by atoms with van der Waals surface area (Å²) in [5.74, 6) is 0.448. The van der Waals surface area contributed by atoms with E-state index in [4.69, 9.17) is 8.83 Å². The van der Waals surface area contributed by atoms with Crippen LogP contribution in [-0.2, 0) is 0 Å². The number of carbonyl (C=O) groups excluding carboxylic acids is 1. The number of para-hydroxylation sites is 1. The second-order valence-electron chi connectivity index (χ2n) is 6.46. The number of benzene rings is 1. The second-order valence-corrected chi connectivity index (χ2v) is 6.46. The Morgan fingerprint density at radius 1 is 1.15 bits per heavy atom. The SMILES string of the molecule is Cl.O=C(NCC(c1ccco1)N1CCCC1)c1cc(=O)c2ccccc2o1. The fraction of sp³-hybridized carbons (Fsp3) is 0.300. The Balaban J connectivity index is 0.00000210. The Hall–Kier alpha value is -2.57. The zero-order valence-electron chi connectivity index (χ0n) is 14.7. The normalized spacial score (nSPS) is 15.4. The first-order valence-corrected chi connectivity index (χ1v) is 8.81. The lowest BCUT2D eigenvalue weighted by Gasteiger charge is -2.25. The summed E-state index contributed by atoms with van der Waals surface area (Å²) in [4.78, 5) is 27.0. The molecule has 0 radical (unpaired) electrons. The van der Waals surface area contributed by atoms with Gasteiger partial charge in [-0.05, 0) is 50.2 Å². The van der Waals surface area contributed by atoms with Gasteiger partial charge in [-0.2, -0.15) is 0 Å². The van der Waals surface area contributed by atoms with Gasteiger partial charge in [-0.25, -0.2) is 0 Å². The van der Waals surface area contributed by atoms with Gasteiger partial charge in [-0.1, -0.05) is 12.1 Å². The average molecular weight is 389 g/mol. The van der Waals surface area contributed by atoms with Crippen LogP contribution in [0.5, 0.6) is 0 Å². The summed E-state index contributed by atoms with van der Waals surface area (Å²) >= 11 is 0. The summed E-state index contributed by atoms with van der Waals surface area (Å²) < 4.78 is 11.2. The van der Waals surface area contributed by atoms with Gasteiger partial charge in [0, 0.05) is 12.6 Å². The Kier molecular flexibility index (Phi) is 5.98. The fourth-order valence-corrected chi connectivity index (χ4v) is 3.44. The standard InChI is InChI=1S/C20H20N2O4.ClH/c23-16-12-19(26-17-7-2-1-6-14(16)17)20(24)21-13-15(18-8-5-11-25-18)22-9-3-4-10-22;/h1-2,5-8,11-12,15H,3-4,9-10,13H2,(H,21,24);1H. The molecule has 1 N–H and O–H groups in total. The van der Waals surface area contributed by atoms with Gasteiger partial charge in [0.05, 0.1) is 17.7 Å². The number of halogens is 1. The van der Waals surface area contributed by atoms with Crippen LogP contribution >= 0.6 is 12.4 Å². The first kappa shape index (κ1) is 19.2. The zero-order valence-corrected chi connectivity index (χ0v) is 15.5. The Morgan fingerprint density at radius 3 is 2.67 bits per heavy atom. The average Bonchev–Trinajstić information content (AvgIpc) is 3.36. The third kappa shape index (κ3) is 4.07. The minimum Gasteiger partial charge on any atom is -0.468 e. The molecule has 4 rings (SSSR count). The van der Waals surface area contributed by atoms with Gasteiger partial charge in [0.2, 0.25) is 0 Å². The molecule has 1 aromatic carbocycles. The summed E-state index contributed by atoms with van der Waals surface area (Å²) in [6, 6.07) is 11.9. The first-order chi connectivity index (χ1) is 12.7. The van der Waals surface area contributed by atoms with Crippen LogP contribution in [0.25, 0.3) is 11.0 Å². The lowest BCUT2D eigenvalue weighted by atomic mass is 10.2. The van der Waals surface area contributed by atoms with Crippen molar-refractivity contribution in [2.75, 3.05) is 19.6 Å². The molecule has 1 fully saturated rings. The molecule has 27 heavy (non-hydrogen) atoms. The molecule has 3 aromatic rings. The molecule has 1 aliphatic heterocycles. The van der Waals surface area contributed by atoms with E-state index in [0.717, 1.165) is 31.7 Å². The summed E-state index contributed by atoms with van der Waals surface area (Å²) in [6.07, 6.45) is 3.93. The van der Waals surface area contributed by atoms with E-state index in [2.05, 4.69) is 10.2 Å². The van der Waals surface area contributed by atoms with Gasteiger partial charge >= 0.3 is 0 Å². The van der Waals surface area contributed by atoms with E-state index in [1.807, 2.05) is 12.1 Å². The van der Waals surface area contributed by atoms with E-state index in [1.165, 1.54) is 6.07 Å². The van der Waals surface area contributed by atoms with E-state index < -0.39 is 5.91 Å². The van der Waals surface area contributed by atoms with Crippen LogP contribution in [0.1, 0.15) is 35.2 Å². The van der Waals surface area contributed by atoms with Crippen LogP contribution in [0.4, 0.5) is 0 Å². The highest BCUT2D eigenvalue weighted by molar-refractivity contribution is 5.93. The lowest BCUT2D eigenvalue weighted by molar-refractivity contribution is 0.0906. The monoisotopic (exact) mass is 388 g/mol. The molecule has 2 aromatic heterocycles. The second kappa shape index (κ2) is 8.41. The number of amides is 1. The smallest absolute Gasteiger partial charge is 0.287 e. The maximum atomic E-state index is 12.5. The van der Waals surface area contributed by atoms with E-state index in [0.29, 0.717) is 17.5 Å². The topological polar surface area (TPSA) is 75.7 Å². The van der Waals surface area contributed by atoms with Gasteiger partial charge in [-0.15, -0.1) is 12.4 Å². The quantitative estimate of drug-likeness (QED) is 0.725. The molecule has 142 valence electrons. The van der Waals surface area contributed by atoms with Crippen LogP contribution in [0, 0.1) is 0 Å². The van der Waals surface area contributed by atoms with Crippen molar-refractivity contribution in [1.29, 1.82) is 0 Å². The molecular formula is C20H21ClN2O4. The van der Waals surface area contributed by atoms with Gasteiger partial charge in [0.15, 0.2) is 11.2 Å². The van der Waals surface area contributed by atoms with Crippen molar-refractivity contribution in [1.82, 2.24) is 10.2 Å². The van der Waals surface area contributed by atoms with Crippen LogP contribution in [0.15, 0.2) is 62.4 Å². The zero-order chi connectivity index (χ0) is 17.9. The Morgan fingerprint density at radius 2 is 1.93 bits per heavy atom. The molecule has 3 heterocycles. The van der Waals surface area contributed by atoms with Gasteiger partial charge < -0.3 is 14.2 Å². The molecule has 0 spiro atoms. The van der Waals surface area contributed by atoms with Gasteiger partial charge in [0.25, 0.3) is 5.91 Å². The largest absolute Gasteiger partial charge is 0.468 e. The van der Waals surface area contributed by atoms with E-state index in [9.17, 15) is 9.59 Å². The maximum absolute atomic E-state index is 12.5. The van der Waals surface area contributed by atoms with Crippen LogP contribution in [-0.4, -0.2) is 30.4 Å². The third-order valence-corrected chi connectivity index (χ3v) is 4.77. The molecular weight excluding hydrogens is 368 g/mol. The van der Waals surface area contributed by atoms with Gasteiger partial charge in [-0.3, -0.25) is 14.5 Å². The number of nitrogens with one attached hydrogen (secondary N) is 1. The molecule has 1 unspecified atom stereocenters. The highest BCUT2D eigenvalue weighted by Crippen LogP contribution is 2.25. The molecule has 1 saturated heterocycles. The number of nitrogens with zero attached hydrogens (tertiary/aromatic N) is 1. The molecule has 7 heteroatoms. The lowest BCUT2D eigenvalue weighted by Crippen LogP contribution is -2.36. The molecule has 1 atom stereocenters. The highest BCUT2D eigenvalue weighted by atomic mass is 35.5. The fourth-order valence-electron chi connectivity index (χ4n) is 3.44. The molecule has 6 nitrogen and oxygen atoms in total. The van der Waals surface area contributed by atoms with Crippen molar-refractivity contribution in [3.05, 3.63) is 70.5 Å². The van der Waals surface area contributed by atoms with E-state index >= 15 is 0 Å². The number of furan rings is 1. The van der Waals surface area contributed by atoms with Crippen molar-refractivity contribution in [2.24, 2.45) is 0 Å². The van der Waals surface area contributed by atoms with Crippen molar-refractivity contribution in [3.8, 4) is 0 Å². The molecule has 0 saturated carbocycles. The number of hydrogen-bond donors (Lipinski definition) is 1. The van der Waals surface area contributed by atoms with Crippen molar-refractivity contribution in [3.63, 3.8) is 0 Å². The summed E-state index contributed by atoms with van der Waals surface area (Å²) in [5, 5.41) is 3.35. The predicted octanol–water partition coefficient (Wildman–Crippen LogP) is 3.37. The number of fused-ring (bicyclic) bond motifs is 1. The predicted molar refractivity (Wildman–Crippen MR) is 104 cm³/mol. The number of rotatable bonds is 5. The number of hydrogen-bond acceptors (Lipinski definition) is 5. The summed E-state index contributed by atoms with van der Waals surface area (Å²) in [6.45, 7) is 2.35. The van der Waals surface area contributed by atoms with E-state index in [1.54, 1.807) is 30.5 Å². The minimum absolute atomic E-state index is 0. The molecule has 0 aliphatic carbocycles. The first-order valence-electron chi connectivity index (χ1n) is 8.81. The summed E-state index contributed by atoms with van der Waals surface area (Å²) in [7, 11) is 0. The van der Waals surface area contributed by atoms with E-state index in [-0.39, 0.29) is 29.6 Å². The third-order valence-electron chi connectivity index (χ3n) is 4.77. The van der Waals surface area contributed by atoms with Crippen molar-refractivity contribution >= 4 is 29.3 Å². The molecule has 0 bridgehead atoms. The summed E-state index contributed by atoms with van der Waals surface area (Å²) in [5.41, 5.74) is 0.186. The molecule has 1 amide bonds. The Bertz CT molecular complexity index is 962. The van der Waals surface area contributed by atoms with Crippen LogP contribution in [0.2, 0.25) is 0 Å². The maximum Gasteiger partial charge on any atom is 0.287 e. The minimum atomic E-state index is -0.399. The van der Waals surface area contributed by atoms with Crippen LogP contribution in [0.3, 0.4) is 0 Å². The number of carbonyl (C=O) groups is 1. The highest BCUT2D eigenvalue weighted by Gasteiger charge is 2.26. The Labute approximate surface area is 162 Å². The van der Waals surface area contributed by atoms with Crippen molar-refractivity contribution in [2.45, 2.75) is 18.9 Å². The molecule has 1 aliphatic rings. The van der Waals surface area contributed by atoms with Gasteiger partial charge in [0.1, 0.15) is 11.3 Å².